The predicted octanol–water partition coefficient (Wildman–Crippen LogP) is 1.79. The van der Waals surface area contributed by atoms with Crippen molar-refractivity contribution in [2.45, 2.75) is 6.92 Å². The van der Waals surface area contributed by atoms with Crippen molar-refractivity contribution in [2.75, 3.05) is 0 Å². The van der Waals surface area contributed by atoms with Gasteiger partial charge in [0.25, 0.3) is 0 Å². The van der Waals surface area contributed by atoms with Gasteiger partial charge < -0.3 is 0 Å². The van der Waals surface area contributed by atoms with Crippen molar-refractivity contribution < 1.29 is 4.79 Å². The molecule has 54 valence electrons. The summed E-state index contributed by atoms with van der Waals surface area (Å²) in [6.45, 7) is 1.89. The Balaban J connectivity index is 3.22. The second-order valence-electron chi connectivity index (χ2n) is 2.34. The number of rotatable bonds is 1. The van der Waals surface area contributed by atoms with Crippen LogP contribution in [-0.4, -0.2) is 6.29 Å². The Morgan fingerprint density at radius 3 is 2.73 bits per heavy atom. The van der Waals surface area contributed by atoms with Gasteiger partial charge in [0, 0.05) is 11.1 Å². The third-order valence-corrected chi connectivity index (χ3v) is 1.54. The van der Waals surface area contributed by atoms with Crippen LogP contribution in [0.2, 0.25) is 0 Å². The summed E-state index contributed by atoms with van der Waals surface area (Å²) in [4.78, 5) is 10.3. The minimum Gasteiger partial charge on any atom is -0.298 e. The fourth-order valence-corrected chi connectivity index (χ4v) is 0.922. The summed E-state index contributed by atoms with van der Waals surface area (Å²) in [7, 11) is 0. The zero-order valence-electron chi connectivity index (χ0n) is 6.29. The molecule has 0 aromatic heterocycles. The summed E-state index contributed by atoms with van der Waals surface area (Å²) in [5.74, 6) is 2.53. The molecule has 1 nitrogen and oxygen atoms in total. The maximum Gasteiger partial charge on any atom is 0.150 e. The van der Waals surface area contributed by atoms with Crippen LogP contribution in [-0.2, 0) is 0 Å². The number of benzene rings is 1. The molecule has 1 heteroatoms. The molecule has 0 aliphatic heterocycles. The molecule has 0 aliphatic carbocycles. The van der Waals surface area contributed by atoms with E-state index in [1.807, 2.05) is 6.92 Å². The van der Waals surface area contributed by atoms with Crippen LogP contribution in [0.5, 0.6) is 0 Å². The van der Waals surface area contributed by atoms with Gasteiger partial charge in [0.05, 0.1) is 0 Å². The van der Waals surface area contributed by atoms with Crippen molar-refractivity contribution in [2.24, 2.45) is 0 Å². The molecular weight excluding hydrogens is 136 g/mol. The van der Waals surface area contributed by atoms with E-state index in [1.165, 1.54) is 0 Å². The Morgan fingerprint density at radius 1 is 1.55 bits per heavy atom. The summed E-state index contributed by atoms with van der Waals surface area (Å²) >= 11 is 0. The van der Waals surface area contributed by atoms with E-state index in [2.05, 4.69) is 5.92 Å². The van der Waals surface area contributed by atoms with E-state index in [9.17, 15) is 4.79 Å². The largest absolute Gasteiger partial charge is 0.298 e. The molecule has 0 heterocycles. The van der Waals surface area contributed by atoms with Gasteiger partial charge in [0.2, 0.25) is 0 Å². The minimum absolute atomic E-state index is 0.668. The van der Waals surface area contributed by atoms with Crippen molar-refractivity contribution in [3.63, 3.8) is 0 Å². The first-order valence-corrected chi connectivity index (χ1v) is 3.30. The Morgan fingerprint density at radius 2 is 2.27 bits per heavy atom. The normalized spacial score (nSPS) is 8.73. The van der Waals surface area contributed by atoms with Crippen LogP contribution in [0.25, 0.3) is 0 Å². The van der Waals surface area contributed by atoms with Crippen molar-refractivity contribution in [3.05, 3.63) is 34.9 Å². The first kappa shape index (κ1) is 7.56. The SMILES string of the molecule is C#Cc1ccc(C=O)cc1C. The second-order valence-corrected chi connectivity index (χ2v) is 2.34. The number of hydrogen-bond donors (Lipinski definition) is 0. The quantitative estimate of drug-likeness (QED) is 0.434. The van der Waals surface area contributed by atoms with E-state index in [1.54, 1.807) is 18.2 Å². The van der Waals surface area contributed by atoms with E-state index in [4.69, 9.17) is 6.42 Å². The molecule has 0 N–H and O–H groups in total. The van der Waals surface area contributed by atoms with Crippen LogP contribution in [0.4, 0.5) is 0 Å². The fourth-order valence-electron chi connectivity index (χ4n) is 0.922. The molecule has 0 saturated heterocycles. The molecule has 0 atom stereocenters. The van der Waals surface area contributed by atoms with Gasteiger partial charge in [-0.15, -0.1) is 6.42 Å². The van der Waals surface area contributed by atoms with Crippen LogP contribution in [0.1, 0.15) is 21.5 Å². The smallest absolute Gasteiger partial charge is 0.150 e. The fraction of sp³-hybridized carbons (Fsp3) is 0.100. The molecule has 0 saturated carbocycles. The first-order valence-electron chi connectivity index (χ1n) is 3.30. The van der Waals surface area contributed by atoms with Gasteiger partial charge in [0.1, 0.15) is 6.29 Å². The standard InChI is InChI=1S/C10H8O/c1-3-10-5-4-9(7-11)6-8(10)2/h1,4-7H,2H3. The zero-order chi connectivity index (χ0) is 8.27. The monoisotopic (exact) mass is 144 g/mol. The molecule has 0 aliphatic rings. The second kappa shape index (κ2) is 3.03. The summed E-state index contributed by atoms with van der Waals surface area (Å²) in [5, 5.41) is 0. The van der Waals surface area contributed by atoms with E-state index in [0.29, 0.717) is 5.56 Å². The lowest BCUT2D eigenvalue weighted by Crippen LogP contribution is -1.85. The summed E-state index contributed by atoms with van der Waals surface area (Å²) in [6, 6.07) is 5.27. The molecule has 0 amide bonds. The number of carbonyl (C=O) groups excluding carboxylic acids is 1. The molecule has 0 radical (unpaired) electrons. The van der Waals surface area contributed by atoms with Crippen LogP contribution in [0.15, 0.2) is 18.2 Å². The van der Waals surface area contributed by atoms with Crippen LogP contribution in [0, 0.1) is 19.3 Å². The van der Waals surface area contributed by atoms with Gasteiger partial charge in [-0.3, -0.25) is 4.79 Å². The lowest BCUT2D eigenvalue weighted by molar-refractivity contribution is 0.112. The highest BCUT2D eigenvalue weighted by atomic mass is 16.1. The maximum atomic E-state index is 10.3. The Hall–Kier alpha value is -1.55. The van der Waals surface area contributed by atoms with E-state index < -0.39 is 0 Å². The topological polar surface area (TPSA) is 17.1 Å². The summed E-state index contributed by atoms with van der Waals surface area (Å²) in [6.07, 6.45) is 6.02. The highest BCUT2D eigenvalue weighted by Gasteiger charge is 1.94. The van der Waals surface area contributed by atoms with Crippen molar-refractivity contribution >= 4 is 6.29 Å². The molecular formula is C10H8O. The van der Waals surface area contributed by atoms with Crippen molar-refractivity contribution in [1.82, 2.24) is 0 Å². The third-order valence-electron chi connectivity index (χ3n) is 1.54. The molecule has 0 bridgehead atoms. The van der Waals surface area contributed by atoms with Gasteiger partial charge in [-0.05, 0) is 24.6 Å². The van der Waals surface area contributed by atoms with Gasteiger partial charge in [-0.1, -0.05) is 12.0 Å². The minimum atomic E-state index is 0.668. The van der Waals surface area contributed by atoms with Crippen molar-refractivity contribution in [3.8, 4) is 12.3 Å². The Labute approximate surface area is 66.1 Å². The van der Waals surface area contributed by atoms with E-state index in [-0.39, 0.29) is 0 Å². The molecule has 0 fully saturated rings. The molecule has 0 unspecified atom stereocenters. The van der Waals surface area contributed by atoms with E-state index in [0.717, 1.165) is 17.4 Å². The molecule has 0 spiro atoms. The molecule has 11 heavy (non-hydrogen) atoms. The number of carbonyl (C=O) groups is 1. The number of terminal acetylenes is 1. The highest BCUT2D eigenvalue weighted by molar-refractivity contribution is 5.75. The highest BCUT2D eigenvalue weighted by Crippen LogP contribution is 2.07. The third kappa shape index (κ3) is 1.47. The van der Waals surface area contributed by atoms with E-state index >= 15 is 0 Å². The van der Waals surface area contributed by atoms with Crippen molar-refractivity contribution in [1.29, 1.82) is 0 Å². The summed E-state index contributed by atoms with van der Waals surface area (Å²) in [5.41, 5.74) is 2.48. The van der Waals surface area contributed by atoms with Gasteiger partial charge in [-0.2, -0.15) is 0 Å². The van der Waals surface area contributed by atoms with Crippen LogP contribution in [0.3, 0.4) is 0 Å². The number of hydrogen-bond acceptors (Lipinski definition) is 1. The Bertz CT molecular complexity index is 318. The molecule has 1 aromatic rings. The number of aldehydes is 1. The average Bonchev–Trinajstić information content (AvgIpc) is 2.04. The van der Waals surface area contributed by atoms with Gasteiger partial charge in [-0.25, -0.2) is 0 Å². The van der Waals surface area contributed by atoms with Gasteiger partial charge >= 0.3 is 0 Å². The van der Waals surface area contributed by atoms with Crippen LogP contribution < -0.4 is 0 Å². The number of aryl methyl sites for hydroxylation is 1. The lowest BCUT2D eigenvalue weighted by Gasteiger charge is -1.97. The van der Waals surface area contributed by atoms with Crippen LogP contribution >= 0.6 is 0 Å². The predicted molar refractivity (Wildman–Crippen MR) is 44.5 cm³/mol. The van der Waals surface area contributed by atoms with Gasteiger partial charge in [0.15, 0.2) is 0 Å². The zero-order valence-corrected chi connectivity index (χ0v) is 6.29. The summed E-state index contributed by atoms with van der Waals surface area (Å²) < 4.78 is 0. The molecule has 1 aromatic carbocycles. The first-order chi connectivity index (χ1) is 5.27. The lowest BCUT2D eigenvalue weighted by atomic mass is 10.1. The average molecular weight is 144 g/mol. The maximum absolute atomic E-state index is 10.3. The Kier molecular flexibility index (Phi) is 2.08. The molecule has 1 rings (SSSR count).